The third-order valence-corrected chi connectivity index (χ3v) is 5.92. The van der Waals surface area contributed by atoms with Gasteiger partial charge in [-0.1, -0.05) is 30.8 Å². The molecule has 0 spiro atoms. The molecule has 2 aromatic heterocycles. The smallest absolute Gasteiger partial charge is 0.191 e. The molecular weight excluding hydrogens is 377 g/mol. The van der Waals surface area contributed by atoms with Gasteiger partial charge in [0.1, 0.15) is 11.6 Å². The van der Waals surface area contributed by atoms with E-state index >= 15 is 0 Å². The second-order valence-electron chi connectivity index (χ2n) is 6.91. The van der Waals surface area contributed by atoms with Gasteiger partial charge in [0.15, 0.2) is 22.1 Å². The molecule has 6 nitrogen and oxygen atoms in total. The van der Waals surface area contributed by atoms with Crippen LogP contribution in [0.15, 0.2) is 23.4 Å². The number of rotatable bonds is 5. The number of hydrogen-bond acceptors (Lipinski definition) is 6. The summed E-state index contributed by atoms with van der Waals surface area (Å²) in [5.41, 5.74) is 3.25. The lowest BCUT2D eigenvalue weighted by molar-refractivity contribution is 0.122. The normalized spacial score (nSPS) is 14.8. The number of nitrogens with zero attached hydrogens (tertiary/aromatic N) is 5. The van der Waals surface area contributed by atoms with Gasteiger partial charge in [0.25, 0.3) is 0 Å². The molecule has 1 aliphatic rings. The summed E-state index contributed by atoms with van der Waals surface area (Å²) in [5.74, 6) is 2.29. The number of ether oxygens (including phenoxy) is 1. The van der Waals surface area contributed by atoms with Crippen LogP contribution < -0.4 is 4.90 Å². The Hall–Kier alpha value is -2.19. The third-order valence-electron chi connectivity index (χ3n) is 5.00. The van der Waals surface area contributed by atoms with Gasteiger partial charge in [-0.2, -0.15) is 0 Å². The van der Waals surface area contributed by atoms with E-state index in [1.165, 1.54) is 11.8 Å². The van der Waals surface area contributed by atoms with E-state index < -0.39 is 0 Å². The van der Waals surface area contributed by atoms with Crippen molar-refractivity contribution >= 4 is 28.7 Å². The zero-order valence-electron chi connectivity index (χ0n) is 16.4. The maximum absolute atomic E-state index is 13.8. The predicted molar refractivity (Wildman–Crippen MR) is 109 cm³/mol. The first-order valence-corrected chi connectivity index (χ1v) is 10.5. The fourth-order valence-corrected chi connectivity index (χ4v) is 4.10. The van der Waals surface area contributed by atoms with Crippen LogP contribution in [0, 0.1) is 12.7 Å². The summed E-state index contributed by atoms with van der Waals surface area (Å²) in [5, 5.41) is 0.681. The molecular formula is C20H24FN5OS. The quantitative estimate of drug-likeness (QED) is 0.482. The van der Waals surface area contributed by atoms with Crippen LogP contribution in [0.3, 0.4) is 0 Å². The van der Waals surface area contributed by atoms with Crippen molar-refractivity contribution in [2.75, 3.05) is 31.2 Å². The van der Waals surface area contributed by atoms with Gasteiger partial charge in [0, 0.05) is 32.3 Å². The van der Waals surface area contributed by atoms with Crippen LogP contribution in [0.1, 0.15) is 23.9 Å². The van der Waals surface area contributed by atoms with Crippen molar-refractivity contribution in [3.63, 3.8) is 0 Å². The van der Waals surface area contributed by atoms with Gasteiger partial charge in [-0.05, 0) is 24.1 Å². The van der Waals surface area contributed by atoms with E-state index in [2.05, 4.69) is 11.8 Å². The molecule has 1 fully saturated rings. The maximum atomic E-state index is 13.8. The molecule has 0 aliphatic carbocycles. The molecule has 3 heterocycles. The first kappa shape index (κ1) is 19.1. The summed E-state index contributed by atoms with van der Waals surface area (Å²) in [4.78, 5) is 16.6. The molecule has 0 bridgehead atoms. The lowest BCUT2D eigenvalue weighted by Gasteiger charge is -2.28. The van der Waals surface area contributed by atoms with E-state index in [4.69, 9.17) is 19.7 Å². The Morgan fingerprint density at radius 1 is 1.18 bits per heavy atom. The number of hydrogen-bond donors (Lipinski definition) is 0. The number of anilines is 1. The highest BCUT2D eigenvalue weighted by atomic mass is 32.2. The average Bonchev–Trinajstić information content (AvgIpc) is 3.05. The minimum absolute atomic E-state index is 0.178. The number of aryl methyl sites for hydroxylation is 3. The molecule has 28 heavy (non-hydrogen) atoms. The van der Waals surface area contributed by atoms with Crippen LogP contribution in [0.25, 0.3) is 11.2 Å². The number of imidazole rings is 1. The van der Waals surface area contributed by atoms with Crippen LogP contribution >= 0.6 is 11.8 Å². The van der Waals surface area contributed by atoms with Crippen molar-refractivity contribution in [2.45, 2.75) is 31.2 Å². The number of aromatic nitrogens is 4. The Balaban J connectivity index is 1.69. The van der Waals surface area contributed by atoms with Crippen molar-refractivity contribution in [1.82, 2.24) is 19.5 Å². The Morgan fingerprint density at radius 2 is 1.96 bits per heavy atom. The number of halogens is 1. The molecule has 4 rings (SSSR count). The number of fused-ring (bicyclic) bond motifs is 1. The Bertz CT molecular complexity index is 1000. The van der Waals surface area contributed by atoms with Crippen molar-refractivity contribution in [1.29, 1.82) is 0 Å². The standard InChI is InChI=1S/C20H24FN5OS/c1-4-16-22-17-18(25(16)3)23-20(24-19(17)26-7-9-27-10-8-26)28-12-14-6-5-13(2)15(21)11-14/h5-6,11H,4,7-10,12H2,1-3H3. The topological polar surface area (TPSA) is 56.1 Å². The molecule has 0 unspecified atom stereocenters. The van der Waals surface area contributed by atoms with Gasteiger partial charge in [-0.15, -0.1) is 0 Å². The molecule has 1 aliphatic heterocycles. The highest BCUT2D eigenvalue weighted by Gasteiger charge is 2.21. The fraction of sp³-hybridized carbons (Fsp3) is 0.450. The van der Waals surface area contributed by atoms with E-state index in [1.54, 1.807) is 13.0 Å². The van der Waals surface area contributed by atoms with Gasteiger partial charge < -0.3 is 14.2 Å². The molecule has 3 aromatic rings. The minimum atomic E-state index is -0.178. The van der Waals surface area contributed by atoms with Crippen molar-refractivity contribution < 1.29 is 9.13 Å². The molecule has 0 radical (unpaired) electrons. The van der Waals surface area contributed by atoms with E-state index in [9.17, 15) is 4.39 Å². The van der Waals surface area contributed by atoms with Crippen molar-refractivity contribution in [3.05, 3.63) is 41.0 Å². The van der Waals surface area contributed by atoms with E-state index in [1.807, 2.05) is 23.7 Å². The highest BCUT2D eigenvalue weighted by Crippen LogP contribution is 2.29. The second kappa shape index (κ2) is 8.05. The molecule has 1 saturated heterocycles. The molecule has 0 amide bonds. The first-order chi connectivity index (χ1) is 13.6. The molecule has 8 heteroatoms. The van der Waals surface area contributed by atoms with Gasteiger partial charge in [-0.25, -0.2) is 19.3 Å². The van der Waals surface area contributed by atoms with E-state index in [-0.39, 0.29) is 5.82 Å². The Morgan fingerprint density at radius 3 is 2.68 bits per heavy atom. The van der Waals surface area contributed by atoms with Gasteiger partial charge in [0.05, 0.1) is 13.2 Å². The molecule has 1 aromatic carbocycles. The fourth-order valence-electron chi connectivity index (χ4n) is 3.32. The Labute approximate surface area is 168 Å². The highest BCUT2D eigenvalue weighted by molar-refractivity contribution is 7.98. The second-order valence-corrected chi connectivity index (χ2v) is 7.86. The molecule has 0 N–H and O–H groups in total. The Kier molecular flexibility index (Phi) is 5.50. The monoisotopic (exact) mass is 401 g/mol. The number of thioether (sulfide) groups is 1. The largest absolute Gasteiger partial charge is 0.378 e. The zero-order chi connectivity index (χ0) is 19.7. The summed E-state index contributed by atoms with van der Waals surface area (Å²) in [6.45, 7) is 6.80. The lowest BCUT2D eigenvalue weighted by atomic mass is 10.2. The van der Waals surface area contributed by atoms with Gasteiger partial charge >= 0.3 is 0 Å². The number of benzene rings is 1. The molecule has 0 saturated carbocycles. The summed E-state index contributed by atoms with van der Waals surface area (Å²) < 4.78 is 21.4. The molecule has 148 valence electrons. The van der Waals surface area contributed by atoms with Crippen LogP contribution in [0.2, 0.25) is 0 Å². The van der Waals surface area contributed by atoms with Crippen molar-refractivity contribution in [2.24, 2.45) is 7.05 Å². The van der Waals surface area contributed by atoms with Crippen LogP contribution in [-0.4, -0.2) is 45.8 Å². The van der Waals surface area contributed by atoms with Crippen LogP contribution in [0.4, 0.5) is 10.2 Å². The maximum Gasteiger partial charge on any atom is 0.191 e. The summed E-state index contributed by atoms with van der Waals surface area (Å²) in [7, 11) is 1.99. The number of morpholine rings is 1. The minimum Gasteiger partial charge on any atom is -0.378 e. The molecule has 0 atom stereocenters. The first-order valence-electron chi connectivity index (χ1n) is 9.50. The van der Waals surface area contributed by atoms with Crippen molar-refractivity contribution in [3.8, 4) is 0 Å². The lowest BCUT2D eigenvalue weighted by Crippen LogP contribution is -2.37. The van der Waals surface area contributed by atoms with E-state index in [0.717, 1.165) is 47.9 Å². The SMILES string of the molecule is CCc1nc2c(N3CCOCC3)nc(SCc3ccc(C)c(F)c3)nc2n1C. The summed E-state index contributed by atoms with van der Waals surface area (Å²) in [6.07, 6.45) is 0.834. The van der Waals surface area contributed by atoms with Crippen LogP contribution in [-0.2, 0) is 24.0 Å². The zero-order valence-corrected chi connectivity index (χ0v) is 17.2. The van der Waals surface area contributed by atoms with Gasteiger partial charge in [-0.3, -0.25) is 0 Å². The van der Waals surface area contributed by atoms with Crippen LogP contribution in [0.5, 0.6) is 0 Å². The predicted octanol–water partition coefficient (Wildman–Crippen LogP) is 3.50. The van der Waals surface area contributed by atoms with Gasteiger partial charge in [0.2, 0.25) is 0 Å². The average molecular weight is 402 g/mol. The summed E-state index contributed by atoms with van der Waals surface area (Å²) >= 11 is 1.52. The third kappa shape index (κ3) is 3.71. The summed E-state index contributed by atoms with van der Waals surface area (Å²) in [6, 6.07) is 5.35. The van der Waals surface area contributed by atoms with E-state index in [0.29, 0.717) is 29.7 Å².